The maximum absolute atomic E-state index is 10.8. The van der Waals surface area contributed by atoms with Crippen molar-refractivity contribution >= 4 is 11.7 Å². The monoisotopic (exact) mass is 182 g/mol. The third-order valence-corrected chi connectivity index (χ3v) is 2.10. The van der Waals surface area contributed by atoms with Gasteiger partial charge in [-0.15, -0.1) is 0 Å². The highest BCUT2D eigenvalue weighted by Crippen LogP contribution is 2.33. The second-order valence-corrected chi connectivity index (χ2v) is 2.95. The zero-order chi connectivity index (χ0) is 9.42. The van der Waals surface area contributed by atoms with Crippen LogP contribution < -0.4 is 9.64 Å². The van der Waals surface area contributed by atoms with E-state index in [0.29, 0.717) is 24.6 Å². The first-order valence-electron chi connectivity index (χ1n) is 3.98. The highest BCUT2D eigenvalue weighted by Gasteiger charge is 2.24. The lowest BCUT2D eigenvalue weighted by Gasteiger charge is -2.25. The molecule has 5 heteroatoms. The maximum Gasteiger partial charge on any atom is 0.354 e. The first-order valence-corrected chi connectivity index (χ1v) is 3.98. The topological polar surface area (TPSA) is 65.6 Å². The number of rotatable bonds is 1. The third-order valence-electron chi connectivity index (χ3n) is 2.10. The quantitative estimate of drug-likeness (QED) is 0.665. The van der Waals surface area contributed by atoms with E-state index in [9.17, 15) is 4.79 Å². The van der Waals surface area contributed by atoms with Crippen LogP contribution in [0, 0.1) is 0 Å². The fourth-order valence-corrected chi connectivity index (χ4v) is 1.45. The molecule has 0 bridgehead atoms. The summed E-state index contributed by atoms with van der Waals surface area (Å²) in [7, 11) is 1.85. The number of carbonyl (C=O) groups is 1. The van der Waals surface area contributed by atoms with Crippen LogP contribution in [0.5, 0.6) is 5.75 Å². The lowest BCUT2D eigenvalue weighted by molar-refractivity contribution is 0.0691. The van der Waals surface area contributed by atoms with Crippen molar-refractivity contribution < 1.29 is 14.6 Å². The van der Waals surface area contributed by atoms with Crippen LogP contribution in [0.2, 0.25) is 0 Å². The second kappa shape index (κ2) is 2.69. The van der Waals surface area contributed by atoms with Gasteiger partial charge in [-0.1, -0.05) is 0 Å². The van der Waals surface area contributed by atoms with Gasteiger partial charge in [-0.2, -0.15) is 0 Å². The minimum absolute atomic E-state index is 0.192. The average Bonchev–Trinajstić information content (AvgIpc) is 2.49. The van der Waals surface area contributed by atoms with Crippen LogP contribution in [0.4, 0.5) is 5.69 Å². The molecule has 1 aliphatic rings. The van der Waals surface area contributed by atoms with Crippen LogP contribution in [0.3, 0.4) is 0 Å². The van der Waals surface area contributed by atoms with Crippen LogP contribution >= 0.6 is 0 Å². The fourth-order valence-electron chi connectivity index (χ4n) is 1.45. The summed E-state index contributed by atoms with van der Waals surface area (Å²) in [6.45, 7) is 1.31. The molecule has 1 aromatic heterocycles. The molecule has 0 atom stereocenters. The number of H-pyrrole nitrogens is 1. The molecule has 0 amide bonds. The highest BCUT2D eigenvalue weighted by molar-refractivity contribution is 5.94. The Bertz CT molecular complexity index is 345. The Morgan fingerprint density at radius 2 is 2.54 bits per heavy atom. The number of ether oxygens (including phenoxy) is 1. The molecule has 5 nitrogen and oxygen atoms in total. The van der Waals surface area contributed by atoms with Crippen molar-refractivity contribution in [3.05, 3.63) is 11.9 Å². The number of nitrogens with one attached hydrogen (secondary N) is 1. The predicted molar refractivity (Wildman–Crippen MR) is 46.5 cm³/mol. The summed E-state index contributed by atoms with van der Waals surface area (Å²) in [5.41, 5.74) is 0.830. The highest BCUT2D eigenvalue weighted by atomic mass is 16.5. The van der Waals surface area contributed by atoms with E-state index >= 15 is 0 Å². The normalized spacial score (nSPS) is 15.0. The van der Waals surface area contributed by atoms with E-state index in [1.165, 1.54) is 0 Å². The molecule has 1 aromatic rings. The van der Waals surface area contributed by atoms with E-state index in [2.05, 4.69) is 4.98 Å². The van der Waals surface area contributed by atoms with E-state index in [-0.39, 0.29) is 5.69 Å². The van der Waals surface area contributed by atoms with Crippen molar-refractivity contribution in [2.24, 2.45) is 0 Å². The number of hydrogen-bond donors (Lipinski definition) is 2. The third kappa shape index (κ3) is 1.12. The summed E-state index contributed by atoms with van der Waals surface area (Å²) >= 11 is 0. The summed E-state index contributed by atoms with van der Waals surface area (Å²) in [6, 6.07) is 0. The molecule has 0 spiro atoms. The smallest absolute Gasteiger partial charge is 0.354 e. The molecule has 2 heterocycles. The van der Waals surface area contributed by atoms with E-state index < -0.39 is 5.97 Å². The van der Waals surface area contributed by atoms with Gasteiger partial charge in [0.1, 0.15) is 12.3 Å². The Morgan fingerprint density at radius 3 is 3.23 bits per heavy atom. The summed E-state index contributed by atoms with van der Waals surface area (Å²) in [5, 5.41) is 8.83. The predicted octanol–water partition coefficient (Wildman–Crippen LogP) is 0.541. The molecular weight excluding hydrogens is 172 g/mol. The number of nitrogens with zero attached hydrogens (tertiary/aromatic N) is 1. The van der Waals surface area contributed by atoms with Crippen LogP contribution in [0.1, 0.15) is 10.5 Å². The number of carboxylic acid groups (broad SMARTS) is 1. The van der Waals surface area contributed by atoms with Crippen molar-refractivity contribution in [1.82, 2.24) is 4.98 Å². The molecule has 2 N–H and O–H groups in total. The molecule has 0 aromatic carbocycles. The Kier molecular flexibility index (Phi) is 1.65. The fraction of sp³-hybridized carbons (Fsp3) is 0.375. The van der Waals surface area contributed by atoms with Gasteiger partial charge in [-0.25, -0.2) is 4.79 Å². The number of aromatic nitrogens is 1. The van der Waals surface area contributed by atoms with Crippen LogP contribution in [0.15, 0.2) is 6.20 Å². The van der Waals surface area contributed by atoms with Crippen molar-refractivity contribution in [3.63, 3.8) is 0 Å². The number of hydrogen-bond acceptors (Lipinski definition) is 3. The molecule has 70 valence electrons. The van der Waals surface area contributed by atoms with E-state index in [1.54, 1.807) is 6.20 Å². The number of aromatic carboxylic acids is 1. The number of aromatic amines is 1. The average molecular weight is 182 g/mol. The van der Waals surface area contributed by atoms with Gasteiger partial charge in [-0.3, -0.25) is 0 Å². The van der Waals surface area contributed by atoms with Crippen LogP contribution in [-0.2, 0) is 0 Å². The number of carboxylic acids is 1. The minimum Gasteiger partial charge on any atom is -0.488 e. The van der Waals surface area contributed by atoms with Crippen molar-refractivity contribution in [1.29, 1.82) is 0 Å². The van der Waals surface area contributed by atoms with Gasteiger partial charge in [0.05, 0.1) is 6.54 Å². The summed E-state index contributed by atoms with van der Waals surface area (Å²) in [6.07, 6.45) is 1.58. The number of anilines is 1. The van der Waals surface area contributed by atoms with Gasteiger partial charge in [0.25, 0.3) is 0 Å². The largest absolute Gasteiger partial charge is 0.488 e. The molecule has 13 heavy (non-hydrogen) atoms. The SMILES string of the molecule is CN1CCOc2c[nH]c(C(=O)O)c21. The number of fused-ring (bicyclic) bond motifs is 1. The summed E-state index contributed by atoms with van der Waals surface area (Å²) < 4.78 is 5.29. The zero-order valence-electron chi connectivity index (χ0n) is 7.20. The molecule has 0 saturated heterocycles. The van der Waals surface area contributed by atoms with E-state index in [0.717, 1.165) is 0 Å². The summed E-state index contributed by atoms with van der Waals surface area (Å²) in [4.78, 5) is 15.3. The molecule has 0 aliphatic carbocycles. The maximum atomic E-state index is 10.8. The van der Waals surface area contributed by atoms with Crippen molar-refractivity contribution in [2.75, 3.05) is 25.1 Å². The van der Waals surface area contributed by atoms with Crippen LogP contribution in [0.25, 0.3) is 0 Å². The van der Waals surface area contributed by atoms with Gasteiger partial charge in [-0.05, 0) is 0 Å². The van der Waals surface area contributed by atoms with Gasteiger partial charge in [0.2, 0.25) is 0 Å². The van der Waals surface area contributed by atoms with Gasteiger partial charge < -0.3 is 19.7 Å². The Morgan fingerprint density at radius 1 is 1.77 bits per heavy atom. The molecule has 0 fully saturated rings. The van der Waals surface area contributed by atoms with Gasteiger partial charge >= 0.3 is 5.97 Å². The van der Waals surface area contributed by atoms with Crippen molar-refractivity contribution in [3.8, 4) is 5.75 Å². The molecule has 0 saturated carbocycles. The molecule has 2 rings (SSSR count). The zero-order valence-corrected chi connectivity index (χ0v) is 7.20. The minimum atomic E-state index is -0.960. The van der Waals surface area contributed by atoms with Gasteiger partial charge in [0, 0.05) is 13.2 Å². The van der Waals surface area contributed by atoms with E-state index in [4.69, 9.17) is 9.84 Å². The van der Waals surface area contributed by atoms with Gasteiger partial charge in [0.15, 0.2) is 11.4 Å². The molecular formula is C8H10N2O3. The first kappa shape index (κ1) is 7.97. The van der Waals surface area contributed by atoms with Crippen molar-refractivity contribution in [2.45, 2.75) is 0 Å². The Labute approximate surface area is 74.9 Å². The second-order valence-electron chi connectivity index (χ2n) is 2.95. The standard InChI is InChI=1S/C8H10N2O3/c1-10-2-3-13-5-4-9-6(7(5)10)8(11)12/h4,9H,2-3H2,1H3,(H,11,12). The molecule has 0 unspecified atom stereocenters. The number of likely N-dealkylation sites (N-methyl/N-ethyl adjacent to an activating group) is 1. The summed E-state index contributed by atoms with van der Waals surface area (Å²) in [5.74, 6) is -0.343. The molecule has 0 radical (unpaired) electrons. The lowest BCUT2D eigenvalue weighted by atomic mass is 10.3. The molecule has 1 aliphatic heterocycles. The first-order chi connectivity index (χ1) is 6.20. The lowest BCUT2D eigenvalue weighted by Crippen LogP contribution is -2.29. The Hall–Kier alpha value is -1.65. The van der Waals surface area contributed by atoms with Crippen LogP contribution in [-0.4, -0.2) is 36.3 Å². The van der Waals surface area contributed by atoms with E-state index in [1.807, 2.05) is 11.9 Å². The Balaban J connectivity index is 2.50.